The van der Waals surface area contributed by atoms with Crippen molar-refractivity contribution < 1.29 is 9.53 Å². The maximum atomic E-state index is 12.6. The quantitative estimate of drug-likeness (QED) is 0.744. The van der Waals surface area contributed by atoms with Crippen molar-refractivity contribution >= 4 is 5.91 Å². The van der Waals surface area contributed by atoms with Gasteiger partial charge in [-0.05, 0) is 25.2 Å². The molecule has 2 saturated heterocycles. The number of amides is 1. The van der Waals surface area contributed by atoms with Crippen LogP contribution in [0.15, 0.2) is 0 Å². The van der Waals surface area contributed by atoms with Crippen molar-refractivity contribution in [1.82, 2.24) is 4.90 Å². The molecule has 0 aliphatic carbocycles. The molecule has 1 amide bonds. The van der Waals surface area contributed by atoms with Crippen molar-refractivity contribution in [2.24, 2.45) is 16.6 Å². The topological polar surface area (TPSA) is 55.6 Å². The molecule has 2 rings (SSSR count). The summed E-state index contributed by atoms with van der Waals surface area (Å²) in [5, 5.41) is 0. The smallest absolute Gasteiger partial charge is 0.232 e. The first kappa shape index (κ1) is 12.8. The number of piperidine rings is 1. The van der Waals surface area contributed by atoms with Crippen molar-refractivity contribution in [3.05, 3.63) is 0 Å². The van der Waals surface area contributed by atoms with E-state index in [1.54, 1.807) is 0 Å². The van der Waals surface area contributed by atoms with E-state index in [2.05, 4.69) is 13.8 Å². The van der Waals surface area contributed by atoms with Crippen molar-refractivity contribution in [3.63, 3.8) is 0 Å². The fourth-order valence-electron chi connectivity index (χ4n) is 2.87. The van der Waals surface area contributed by atoms with Crippen LogP contribution in [0.4, 0.5) is 0 Å². The summed E-state index contributed by atoms with van der Waals surface area (Å²) in [6.07, 6.45) is 2.28. The standard InChI is InChI=1S/C13H24N2O2/c1-12(2)5-4-6-15(8-12)11(16)13(3)9-17-7-10(13)14/h10H,4-9,14H2,1-3H3. The van der Waals surface area contributed by atoms with Gasteiger partial charge in [-0.15, -0.1) is 0 Å². The predicted octanol–water partition coefficient (Wildman–Crippen LogP) is 0.999. The lowest BCUT2D eigenvalue weighted by Crippen LogP contribution is -2.54. The minimum absolute atomic E-state index is 0.167. The Morgan fingerprint density at radius 2 is 2.12 bits per heavy atom. The Labute approximate surface area is 103 Å². The fraction of sp³-hybridized carbons (Fsp3) is 0.923. The molecule has 2 atom stereocenters. The Morgan fingerprint density at radius 1 is 1.41 bits per heavy atom. The maximum absolute atomic E-state index is 12.6. The third-order valence-electron chi connectivity index (χ3n) is 4.19. The normalized spacial score (nSPS) is 37.2. The second kappa shape index (κ2) is 4.25. The van der Waals surface area contributed by atoms with Gasteiger partial charge in [-0.2, -0.15) is 0 Å². The first-order chi connectivity index (χ1) is 7.85. The molecular formula is C13H24N2O2. The van der Waals surface area contributed by atoms with E-state index in [0.29, 0.717) is 13.2 Å². The van der Waals surface area contributed by atoms with Crippen LogP contribution >= 0.6 is 0 Å². The molecule has 4 nitrogen and oxygen atoms in total. The van der Waals surface area contributed by atoms with Gasteiger partial charge in [-0.25, -0.2) is 0 Å². The highest BCUT2D eigenvalue weighted by Crippen LogP contribution is 2.34. The van der Waals surface area contributed by atoms with Crippen LogP contribution in [0.5, 0.6) is 0 Å². The number of carbonyl (C=O) groups excluding carboxylic acids is 1. The zero-order chi connectivity index (χ0) is 12.7. The molecule has 17 heavy (non-hydrogen) atoms. The molecule has 2 unspecified atom stereocenters. The van der Waals surface area contributed by atoms with Crippen molar-refractivity contribution in [1.29, 1.82) is 0 Å². The van der Waals surface area contributed by atoms with Crippen LogP contribution in [0.2, 0.25) is 0 Å². The van der Waals surface area contributed by atoms with E-state index in [-0.39, 0.29) is 17.4 Å². The highest BCUT2D eigenvalue weighted by molar-refractivity contribution is 5.84. The van der Waals surface area contributed by atoms with Gasteiger partial charge in [0.2, 0.25) is 5.91 Å². The first-order valence-corrected chi connectivity index (χ1v) is 6.48. The molecule has 98 valence electrons. The third-order valence-corrected chi connectivity index (χ3v) is 4.19. The van der Waals surface area contributed by atoms with Gasteiger partial charge in [0.05, 0.1) is 18.6 Å². The summed E-state index contributed by atoms with van der Waals surface area (Å²) in [4.78, 5) is 14.6. The van der Waals surface area contributed by atoms with E-state index in [4.69, 9.17) is 10.5 Å². The molecule has 2 fully saturated rings. The first-order valence-electron chi connectivity index (χ1n) is 6.48. The van der Waals surface area contributed by atoms with Gasteiger partial charge < -0.3 is 15.4 Å². The van der Waals surface area contributed by atoms with Crippen LogP contribution in [0.25, 0.3) is 0 Å². The molecule has 0 aromatic carbocycles. The van der Waals surface area contributed by atoms with Crippen LogP contribution < -0.4 is 5.73 Å². The average Bonchev–Trinajstić information content (AvgIpc) is 2.58. The number of rotatable bonds is 1. The molecule has 0 radical (unpaired) electrons. The van der Waals surface area contributed by atoms with Gasteiger partial charge in [0.25, 0.3) is 0 Å². The van der Waals surface area contributed by atoms with Gasteiger partial charge >= 0.3 is 0 Å². The number of ether oxygens (including phenoxy) is 1. The van der Waals surface area contributed by atoms with Crippen molar-refractivity contribution in [3.8, 4) is 0 Å². The number of nitrogens with zero attached hydrogens (tertiary/aromatic N) is 1. The Morgan fingerprint density at radius 3 is 2.65 bits per heavy atom. The summed E-state index contributed by atoms with van der Waals surface area (Å²) in [7, 11) is 0. The summed E-state index contributed by atoms with van der Waals surface area (Å²) in [6.45, 7) is 9.05. The summed E-state index contributed by atoms with van der Waals surface area (Å²) < 4.78 is 5.36. The van der Waals surface area contributed by atoms with E-state index in [9.17, 15) is 4.79 Å². The second-order valence-electron chi connectivity index (χ2n) is 6.53. The van der Waals surface area contributed by atoms with Crippen LogP contribution in [0.3, 0.4) is 0 Å². The minimum atomic E-state index is -0.520. The molecule has 0 bridgehead atoms. The average molecular weight is 240 g/mol. The summed E-state index contributed by atoms with van der Waals surface area (Å²) in [6, 6.07) is -0.167. The minimum Gasteiger partial charge on any atom is -0.379 e. The SMILES string of the molecule is CC1(C)CCCN(C(=O)C2(C)COCC2N)C1. The van der Waals surface area contributed by atoms with Crippen LogP contribution in [0, 0.1) is 10.8 Å². The van der Waals surface area contributed by atoms with Gasteiger partial charge in [0.1, 0.15) is 0 Å². The van der Waals surface area contributed by atoms with Gasteiger partial charge in [-0.3, -0.25) is 4.79 Å². The zero-order valence-electron chi connectivity index (χ0n) is 11.2. The molecule has 0 spiro atoms. The van der Waals surface area contributed by atoms with E-state index >= 15 is 0 Å². The molecule has 0 aromatic rings. The summed E-state index contributed by atoms with van der Waals surface area (Å²) >= 11 is 0. The van der Waals surface area contributed by atoms with Crippen LogP contribution in [-0.4, -0.2) is 43.2 Å². The van der Waals surface area contributed by atoms with Crippen molar-refractivity contribution in [2.75, 3.05) is 26.3 Å². The predicted molar refractivity (Wildman–Crippen MR) is 66.5 cm³/mol. The van der Waals surface area contributed by atoms with Gasteiger partial charge in [0.15, 0.2) is 0 Å². The molecule has 0 aromatic heterocycles. The maximum Gasteiger partial charge on any atom is 0.232 e. The summed E-state index contributed by atoms with van der Waals surface area (Å²) in [5.74, 6) is 0.176. The molecule has 0 saturated carbocycles. The molecule has 4 heteroatoms. The molecular weight excluding hydrogens is 216 g/mol. The Kier molecular flexibility index (Phi) is 3.21. The van der Waals surface area contributed by atoms with E-state index in [1.165, 1.54) is 6.42 Å². The van der Waals surface area contributed by atoms with Gasteiger partial charge in [0, 0.05) is 19.1 Å². The number of carbonyl (C=O) groups is 1. The van der Waals surface area contributed by atoms with E-state index in [0.717, 1.165) is 19.5 Å². The highest BCUT2D eigenvalue weighted by Gasteiger charge is 2.47. The molecule has 2 N–H and O–H groups in total. The van der Waals surface area contributed by atoms with E-state index in [1.807, 2.05) is 11.8 Å². The molecule has 2 aliphatic rings. The van der Waals surface area contributed by atoms with E-state index < -0.39 is 5.41 Å². The highest BCUT2D eigenvalue weighted by atomic mass is 16.5. The lowest BCUT2D eigenvalue weighted by atomic mass is 9.80. The Hall–Kier alpha value is -0.610. The molecule has 2 heterocycles. The van der Waals surface area contributed by atoms with Gasteiger partial charge in [-0.1, -0.05) is 13.8 Å². The second-order valence-corrected chi connectivity index (χ2v) is 6.53. The summed E-state index contributed by atoms with van der Waals surface area (Å²) in [5.41, 5.74) is 5.73. The van der Waals surface area contributed by atoms with Crippen LogP contribution in [0.1, 0.15) is 33.6 Å². The molecule has 2 aliphatic heterocycles. The fourth-order valence-corrected chi connectivity index (χ4v) is 2.87. The van der Waals surface area contributed by atoms with Crippen molar-refractivity contribution in [2.45, 2.75) is 39.7 Å². The number of hydrogen-bond donors (Lipinski definition) is 1. The zero-order valence-corrected chi connectivity index (χ0v) is 11.2. The van der Waals surface area contributed by atoms with Crippen LogP contribution in [-0.2, 0) is 9.53 Å². The Balaban J connectivity index is 2.09. The third kappa shape index (κ3) is 2.33. The number of nitrogens with two attached hydrogens (primary N) is 1. The Bertz CT molecular complexity index is 317. The lowest BCUT2D eigenvalue weighted by Gasteiger charge is -2.41. The number of likely N-dealkylation sites (tertiary alicyclic amines) is 1. The largest absolute Gasteiger partial charge is 0.379 e. The lowest BCUT2D eigenvalue weighted by molar-refractivity contribution is -0.145. The number of hydrogen-bond acceptors (Lipinski definition) is 3. The monoisotopic (exact) mass is 240 g/mol.